The number of carbonyl (C=O) groups excluding carboxylic acids is 2. The van der Waals surface area contributed by atoms with E-state index in [1.54, 1.807) is 20.8 Å². The van der Waals surface area contributed by atoms with Crippen molar-refractivity contribution in [2.75, 3.05) is 33.0 Å². The predicted octanol–water partition coefficient (Wildman–Crippen LogP) is 12.6. The first-order chi connectivity index (χ1) is 30.4. The molecule has 0 aliphatic heterocycles. The zero-order chi connectivity index (χ0) is 45.4. The van der Waals surface area contributed by atoms with Gasteiger partial charge in [-0.15, -0.1) is 0 Å². The lowest BCUT2D eigenvalue weighted by atomic mass is 9.77. The van der Waals surface area contributed by atoms with Crippen molar-refractivity contribution in [2.45, 2.75) is 124 Å². The quantitative estimate of drug-likeness (QED) is 0.0411. The number of ether oxygens (including phenoxy) is 3. The molecular formula is C56H72O7. The van der Waals surface area contributed by atoms with Crippen LogP contribution < -0.4 is 4.74 Å². The standard InChI is InChI=1S/C56H72O7/c1-8-10-11-14-41-17-19-43(20-18-41)44-21-23-45(24-22-44)46-25-27-47(28-26-46)48-29-30-52(42(9-2)33-48)51-34-49(15-12-31-61-54(59)39(3)4)53(63-38-56(7,36-57)37-58)50(35-51)16-13-32-62-55(60)40(5)6/h21-30,33-35,41,43,57-58H,3,5,8-20,31-32,36-38H2,1-2,4,6-7H3. The third kappa shape index (κ3) is 14.0. The van der Waals surface area contributed by atoms with Crippen LogP contribution in [0.15, 0.2) is 103 Å². The molecule has 0 heterocycles. The SMILES string of the molecule is C=C(C)C(=O)OCCCc1cc(-c2ccc(-c3ccc(-c4ccc(C5CCC(CCCCC)CC5)cc4)cc3)cc2CC)cc(CCCOC(=O)C(=C)C)c1OCC(C)(CO)CO. The van der Waals surface area contributed by atoms with Crippen molar-refractivity contribution >= 4 is 11.9 Å². The van der Waals surface area contributed by atoms with E-state index in [1.807, 2.05) is 0 Å². The highest BCUT2D eigenvalue weighted by molar-refractivity contribution is 5.87. The van der Waals surface area contributed by atoms with Crippen molar-refractivity contribution in [1.29, 1.82) is 0 Å². The van der Waals surface area contributed by atoms with E-state index in [-0.39, 0.29) is 33.0 Å². The summed E-state index contributed by atoms with van der Waals surface area (Å²) in [6, 6.07) is 29.1. The second kappa shape index (κ2) is 24.2. The van der Waals surface area contributed by atoms with E-state index < -0.39 is 17.4 Å². The Morgan fingerprint density at radius 2 is 1.14 bits per heavy atom. The highest BCUT2D eigenvalue weighted by Gasteiger charge is 2.26. The smallest absolute Gasteiger partial charge is 0.333 e. The average Bonchev–Trinajstić information content (AvgIpc) is 3.31. The summed E-state index contributed by atoms with van der Waals surface area (Å²) < 4.78 is 17.4. The second-order valence-electron chi connectivity index (χ2n) is 18.2. The minimum Gasteiger partial charge on any atom is -0.492 e. The van der Waals surface area contributed by atoms with Gasteiger partial charge in [0, 0.05) is 16.6 Å². The molecule has 0 spiro atoms. The van der Waals surface area contributed by atoms with E-state index in [0.717, 1.165) is 45.7 Å². The first-order valence-corrected chi connectivity index (χ1v) is 23.4. The number of benzene rings is 4. The average molecular weight is 857 g/mol. The fraction of sp³-hybridized carbons (Fsp3) is 0.464. The molecule has 0 aromatic heterocycles. The third-order valence-corrected chi connectivity index (χ3v) is 12.7. The minimum atomic E-state index is -0.860. The predicted molar refractivity (Wildman–Crippen MR) is 257 cm³/mol. The second-order valence-corrected chi connectivity index (χ2v) is 18.2. The zero-order valence-corrected chi connectivity index (χ0v) is 38.7. The fourth-order valence-corrected chi connectivity index (χ4v) is 8.57. The number of carbonyl (C=O) groups is 2. The number of aryl methyl sites for hydroxylation is 3. The molecule has 1 fully saturated rings. The van der Waals surface area contributed by atoms with Crippen LogP contribution in [0.25, 0.3) is 33.4 Å². The summed E-state index contributed by atoms with van der Waals surface area (Å²) >= 11 is 0. The molecule has 2 N–H and O–H groups in total. The molecule has 0 unspecified atom stereocenters. The molecule has 0 radical (unpaired) electrons. The van der Waals surface area contributed by atoms with Crippen molar-refractivity contribution in [3.8, 4) is 39.1 Å². The topological polar surface area (TPSA) is 102 Å². The largest absolute Gasteiger partial charge is 0.492 e. The van der Waals surface area contributed by atoms with Crippen molar-refractivity contribution in [1.82, 2.24) is 0 Å². The molecule has 338 valence electrons. The van der Waals surface area contributed by atoms with Gasteiger partial charge in [-0.1, -0.05) is 126 Å². The number of rotatable bonds is 24. The molecule has 63 heavy (non-hydrogen) atoms. The molecule has 0 saturated heterocycles. The Bertz CT molecular complexity index is 2060. The van der Waals surface area contributed by atoms with Gasteiger partial charge >= 0.3 is 11.9 Å². The maximum absolute atomic E-state index is 12.2. The number of aliphatic hydroxyl groups excluding tert-OH is 2. The highest BCUT2D eigenvalue weighted by atomic mass is 16.5. The minimum absolute atomic E-state index is 0.0910. The normalized spacial score (nSPS) is 15.2. The van der Waals surface area contributed by atoms with E-state index in [2.05, 4.69) is 106 Å². The Balaban J connectivity index is 1.39. The summed E-state index contributed by atoms with van der Waals surface area (Å²) in [6.07, 6.45) is 13.8. The lowest BCUT2D eigenvalue weighted by Gasteiger charge is -2.29. The van der Waals surface area contributed by atoms with Gasteiger partial charge in [0.25, 0.3) is 0 Å². The summed E-state index contributed by atoms with van der Waals surface area (Å²) in [6.45, 7) is 16.9. The van der Waals surface area contributed by atoms with Crippen molar-refractivity contribution in [2.24, 2.45) is 11.3 Å². The number of unbranched alkanes of at least 4 members (excludes halogenated alkanes) is 2. The lowest BCUT2D eigenvalue weighted by molar-refractivity contribution is -0.139. The van der Waals surface area contributed by atoms with Gasteiger partial charge in [-0.25, -0.2) is 9.59 Å². The molecule has 4 aromatic carbocycles. The first-order valence-electron chi connectivity index (χ1n) is 23.4. The van der Waals surface area contributed by atoms with Gasteiger partial charge in [-0.3, -0.25) is 0 Å². The van der Waals surface area contributed by atoms with Gasteiger partial charge in [-0.05, 0) is 151 Å². The Labute approximate surface area is 377 Å². The van der Waals surface area contributed by atoms with E-state index in [9.17, 15) is 19.8 Å². The Hall–Kier alpha value is -4.98. The molecule has 5 rings (SSSR count). The van der Waals surface area contributed by atoms with Crippen LogP contribution >= 0.6 is 0 Å². The molecule has 0 bridgehead atoms. The monoisotopic (exact) mass is 857 g/mol. The molecular weight excluding hydrogens is 785 g/mol. The van der Waals surface area contributed by atoms with Crippen LogP contribution in [-0.2, 0) is 38.3 Å². The van der Waals surface area contributed by atoms with E-state index in [0.29, 0.717) is 48.5 Å². The Kier molecular flexibility index (Phi) is 18.8. The van der Waals surface area contributed by atoms with E-state index >= 15 is 0 Å². The summed E-state index contributed by atoms with van der Waals surface area (Å²) in [4.78, 5) is 24.3. The molecule has 1 aliphatic carbocycles. The maximum Gasteiger partial charge on any atom is 0.333 e. The van der Waals surface area contributed by atoms with Gasteiger partial charge in [0.2, 0.25) is 0 Å². The van der Waals surface area contributed by atoms with Crippen LogP contribution in [0.2, 0.25) is 0 Å². The Morgan fingerprint density at radius 3 is 1.63 bits per heavy atom. The molecule has 0 amide bonds. The van der Waals surface area contributed by atoms with Crippen LogP contribution in [0.4, 0.5) is 0 Å². The number of hydrogen-bond donors (Lipinski definition) is 2. The van der Waals surface area contributed by atoms with Crippen LogP contribution in [0.1, 0.15) is 127 Å². The van der Waals surface area contributed by atoms with E-state index in [1.165, 1.54) is 73.6 Å². The van der Waals surface area contributed by atoms with Gasteiger partial charge in [0.05, 0.1) is 33.0 Å². The van der Waals surface area contributed by atoms with Gasteiger partial charge < -0.3 is 24.4 Å². The summed E-state index contributed by atoms with van der Waals surface area (Å²) in [5.74, 6) is 1.41. The molecule has 0 atom stereocenters. The maximum atomic E-state index is 12.2. The lowest BCUT2D eigenvalue weighted by Crippen LogP contribution is -2.33. The molecule has 1 saturated carbocycles. The third-order valence-electron chi connectivity index (χ3n) is 12.7. The van der Waals surface area contributed by atoms with Gasteiger partial charge in [-0.2, -0.15) is 0 Å². The van der Waals surface area contributed by atoms with Gasteiger partial charge in [0.15, 0.2) is 0 Å². The number of aliphatic hydroxyl groups is 2. The first kappa shape index (κ1) is 49.0. The Morgan fingerprint density at radius 1 is 0.651 bits per heavy atom. The molecule has 4 aromatic rings. The summed E-state index contributed by atoms with van der Waals surface area (Å²) in [5.41, 5.74) is 11.2. The van der Waals surface area contributed by atoms with Crippen molar-refractivity contribution in [3.63, 3.8) is 0 Å². The highest BCUT2D eigenvalue weighted by Crippen LogP contribution is 2.40. The van der Waals surface area contributed by atoms with Crippen LogP contribution in [0, 0.1) is 11.3 Å². The van der Waals surface area contributed by atoms with Crippen molar-refractivity contribution < 1.29 is 34.0 Å². The van der Waals surface area contributed by atoms with Crippen LogP contribution in [0.5, 0.6) is 5.75 Å². The number of esters is 2. The van der Waals surface area contributed by atoms with Crippen LogP contribution in [0.3, 0.4) is 0 Å². The zero-order valence-electron chi connectivity index (χ0n) is 38.7. The summed E-state index contributed by atoms with van der Waals surface area (Å²) in [5, 5.41) is 20.2. The van der Waals surface area contributed by atoms with Gasteiger partial charge in [0.1, 0.15) is 5.75 Å². The van der Waals surface area contributed by atoms with Crippen molar-refractivity contribution in [3.05, 3.63) is 125 Å². The summed E-state index contributed by atoms with van der Waals surface area (Å²) in [7, 11) is 0. The van der Waals surface area contributed by atoms with E-state index in [4.69, 9.17) is 14.2 Å². The fourth-order valence-electron chi connectivity index (χ4n) is 8.57. The number of hydrogen-bond acceptors (Lipinski definition) is 7. The molecule has 1 aliphatic rings. The molecule has 7 heteroatoms. The molecule has 7 nitrogen and oxygen atoms in total. The van der Waals surface area contributed by atoms with Crippen LogP contribution in [-0.4, -0.2) is 55.2 Å².